The van der Waals surface area contributed by atoms with Gasteiger partial charge in [0.15, 0.2) is 0 Å². The molecule has 0 bridgehead atoms. The number of fused-ring (bicyclic) bond motifs is 1. The van der Waals surface area contributed by atoms with E-state index in [9.17, 15) is 22.8 Å². The number of amides is 2. The molecule has 6 nitrogen and oxygen atoms in total. The Balaban J connectivity index is 1.50. The molecule has 0 fully saturated rings. The lowest BCUT2D eigenvalue weighted by molar-refractivity contribution is -0.137. The number of nitrogens with one attached hydrogen (secondary N) is 2. The molecule has 5 aromatic rings. The van der Waals surface area contributed by atoms with Crippen molar-refractivity contribution < 1.29 is 27.2 Å². The van der Waals surface area contributed by atoms with Crippen LogP contribution in [-0.4, -0.2) is 16.8 Å². The van der Waals surface area contributed by atoms with E-state index in [2.05, 4.69) is 15.6 Å². The number of rotatable bonds is 5. The molecule has 0 saturated heterocycles. The molecule has 0 aliphatic rings. The number of halogens is 3. The molecular weight excluding hydrogens is 503 g/mol. The van der Waals surface area contributed by atoms with Crippen LogP contribution in [-0.2, 0) is 6.18 Å². The first-order valence-corrected chi connectivity index (χ1v) is 11.9. The summed E-state index contributed by atoms with van der Waals surface area (Å²) in [5.74, 6) is -1.62. The van der Waals surface area contributed by atoms with Gasteiger partial charge < -0.3 is 15.1 Å². The Kier molecular flexibility index (Phi) is 6.26. The minimum absolute atomic E-state index is 0.0703. The molecule has 37 heavy (non-hydrogen) atoms. The first kappa shape index (κ1) is 24.3. The fraction of sp³-hybridized carbons (Fsp3) is 0.0741. The summed E-state index contributed by atoms with van der Waals surface area (Å²) in [5, 5.41) is 6.32. The number of carbonyl (C=O) groups excluding carboxylic acids is 2. The summed E-state index contributed by atoms with van der Waals surface area (Å²) >= 11 is 1.36. The maximum absolute atomic E-state index is 13.4. The number of nitrogens with zero attached hydrogens (tertiary/aromatic N) is 1. The number of hydrogen-bond acceptors (Lipinski definition) is 5. The minimum Gasteiger partial charge on any atom is -0.449 e. The molecule has 0 aliphatic carbocycles. The number of aryl methyl sites for hydroxylation is 1. The van der Waals surface area contributed by atoms with E-state index in [-0.39, 0.29) is 22.8 Å². The summed E-state index contributed by atoms with van der Waals surface area (Å²) < 4.78 is 45.1. The fourth-order valence-corrected chi connectivity index (χ4v) is 4.75. The molecule has 2 amide bonds. The fourth-order valence-electron chi connectivity index (χ4n) is 3.83. The third kappa shape index (κ3) is 4.96. The van der Waals surface area contributed by atoms with E-state index in [4.69, 9.17) is 4.42 Å². The van der Waals surface area contributed by atoms with Crippen LogP contribution >= 0.6 is 11.3 Å². The summed E-state index contributed by atoms with van der Waals surface area (Å²) in [6.45, 7) is 1.79. The second kappa shape index (κ2) is 9.55. The van der Waals surface area contributed by atoms with Gasteiger partial charge in [0.2, 0.25) is 5.76 Å². The van der Waals surface area contributed by atoms with Crippen LogP contribution < -0.4 is 10.6 Å². The van der Waals surface area contributed by atoms with Crippen molar-refractivity contribution in [3.8, 4) is 10.4 Å². The molecule has 0 saturated carbocycles. The van der Waals surface area contributed by atoms with Crippen LogP contribution in [0.3, 0.4) is 0 Å². The predicted molar refractivity (Wildman–Crippen MR) is 136 cm³/mol. The summed E-state index contributed by atoms with van der Waals surface area (Å²) in [7, 11) is 0. The van der Waals surface area contributed by atoms with Crippen LogP contribution in [0.15, 0.2) is 83.3 Å². The maximum Gasteiger partial charge on any atom is 0.416 e. The highest BCUT2D eigenvalue weighted by molar-refractivity contribution is 7.15. The van der Waals surface area contributed by atoms with E-state index >= 15 is 0 Å². The standard InChI is InChI=1S/C27H18F3N3O3S/c1-15-31-22(24(37-15)16-8-3-2-4-9-16)25(34)33-21-19-12-5-6-13-20(19)36-23(21)26(35)32-18-11-7-10-17(14-18)27(28,29)30/h2-14H,1H3,(H,32,35)(H,33,34). The Labute approximate surface area is 212 Å². The lowest BCUT2D eigenvalue weighted by Gasteiger charge is -2.10. The highest BCUT2D eigenvalue weighted by Gasteiger charge is 2.31. The molecule has 0 radical (unpaired) electrons. The van der Waals surface area contributed by atoms with Crippen molar-refractivity contribution in [2.45, 2.75) is 13.1 Å². The molecule has 2 heterocycles. The largest absolute Gasteiger partial charge is 0.449 e. The number of carbonyl (C=O) groups is 2. The van der Waals surface area contributed by atoms with Crippen LogP contribution in [0.25, 0.3) is 21.4 Å². The summed E-state index contributed by atoms with van der Waals surface area (Å²) in [6.07, 6.45) is -4.57. The van der Waals surface area contributed by atoms with Gasteiger partial charge in [-0.25, -0.2) is 4.98 Å². The Morgan fingerprint density at radius 3 is 2.38 bits per heavy atom. The molecule has 0 atom stereocenters. The van der Waals surface area contributed by atoms with Crippen molar-refractivity contribution in [3.63, 3.8) is 0 Å². The minimum atomic E-state index is -4.57. The molecule has 0 unspecified atom stereocenters. The van der Waals surface area contributed by atoms with Gasteiger partial charge in [-0.15, -0.1) is 11.3 Å². The van der Waals surface area contributed by atoms with Gasteiger partial charge in [0, 0.05) is 11.1 Å². The molecule has 0 aliphatic heterocycles. The lowest BCUT2D eigenvalue weighted by Crippen LogP contribution is -2.18. The summed E-state index contributed by atoms with van der Waals surface area (Å²) in [4.78, 5) is 31.6. The SMILES string of the molecule is Cc1nc(C(=O)Nc2c(C(=O)Nc3cccc(C(F)(F)F)c3)oc3ccccc23)c(-c2ccccc2)s1. The summed E-state index contributed by atoms with van der Waals surface area (Å²) in [6, 6.07) is 20.2. The molecule has 10 heteroatoms. The molecule has 3 aromatic carbocycles. The normalized spacial score (nSPS) is 11.5. The zero-order valence-corrected chi connectivity index (χ0v) is 20.0. The number of thiazole rings is 1. The van der Waals surface area contributed by atoms with Crippen LogP contribution in [0, 0.1) is 6.92 Å². The van der Waals surface area contributed by atoms with Gasteiger partial charge in [-0.1, -0.05) is 48.5 Å². The van der Waals surface area contributed by atoms with Crippen molar-refractivity contribution in [3.05, 3.63) is 101 Å². The number of para-hydroxylation sites is 1. The predicted octanol–water partition coefficient (Wildman–Crippen LogP) is 7.39. The van der Waals surface area contributed by atoms with Crippen molar-refractivity contribution in [2.24, 2.45) is 0 Å². The second-order valence-corrected chi connectivity index (χ2v) is 9.27. The number of furan rings is 1. The quantitative estimate of drug-likeness (QED) is 0.253. The first-order chi connectivity index (χ1) is 17.7. The third-order valence-electron chi connectivity index (χ3n) is 5.47. The maximum atomic E-state index is 13.4. The molecular formula is C27H18F3N3O3S. The number of benzene rings is 3. The van der Waals surface area contributed by atoms with E-state index in [0.717, 1.165) is 17.7 Å². The van der Waals surface area contributed by atoms with Crippen molar-refractivity contribution in [1.82, 2.24) is 4.98 Å². The Morgan fingerprint density at radius 2 is 1.62 bits per heavy atom. The molecule has 2 N–H and O–H groups in total. The Hall–Kier alpha value is -4.44. The van der Waals surface area contributed by atoms with Gasteiger partial charge >= 0.3 is 6.18 Å². The lowest BCUT2D eigenvalue weighted by atomic mass is 10.1. The third-order valence-corrected chi connectivity index (χ3v) is 6.49. The molecule has 2 aromatic heterocycles. The average molecular weight is 522 g/mol. The zero-order chi connectivity index (χ0) is 26.2. The van der Waals surface area contributed by atoms with Crippen molar-refractivity contribution in [1.29, 1.82) is 0 Å². The number of hydrogen-bond donors (Lipinski definition) is 2. The van der Waals surface area contributed by atoms with Crippen molar-refractivity contribution in [2.75, 3.05) is 10.6 Å². The van der Waals surface area contributed by atoms with Crippen molar-refractivity contribution >= 4 is 45.5 Å². The van der Waals surface area contributed by atoms with Gasteiger partial charge in [-0.05, 0) is 42.8 Å². The van der Waals surface area contributed by atoms with Gasteiger partial charge in [-0.2, -0.15) is 13.2 Å². The van der Waals surface area contributed by atoms with Crippen LogP contribution in [0.1, 0.15) is 31.6 Å². The number of anilines is 2. The summed E-state index contributed by atoms with van der Waals surface area (Å²) in [5.41, 5.74) is 0.440. The van der Waals surface area contributed by atoms with Gasteiger partial charge in [-0.3, -0.25) is 9.59 Å². The van der Waals surface area contributed by atoms with Gasteiger partial charge in [0.05, 0.1) is 15.4 Å². The van der Waals surface area contributed by atoms with Crippen LogP contribution in [0.5, 0.6) is 0 Å². The number of aromatic nitrogens is 1. The Morgan fingerprint density at radius 1 is 0.892 bits per heavy atom. The topological polar surface area (TPSA) is 84.2 Å². The van der Waals surface area contributed by atoms with E-state index in [1.54, 1.807) is 31.2 Å². The van der Waals surface area contributed by atoms with Gasteiger partial charge in [0.25, 0.3) is 11.8 Å². The van der Waals surface area contributed by atoms with E-state index < -0.39 is 23.6 Å². The highest BCUT2D eigenvalue weighted by atomic mass is 32.1. The second-order valence-electron chi connectivity index (χ2n) is 8.07. The molecule has 186 valence electrons. The monoisotopic (exact) mass is 521 g/mol. The Bertz CT molecular complexity index is 1620. The first-order valence-electron chi connectivity index (χ1n) is 11.0. The zero-order valence-electron chi connectivity index (χ0n) is 19.2. The van der Waals surface area contributed by atoms with E-state index in [1.165, 1.54) is 23.5 Å². The van der Waals surface area contributed by atoms with Gasteiger partial charge in [0.1, 0.15) is 17.0 Å². The van der Waals surface area contributed by atoms with Crippen LogP contribution in [0.2, 0.25) is 0 Å². The highest BCUT2D eigenvalue weighted by Crippen LogP contribution is 2.35. The molecule has 5 rings (SSSR count). The van der Waals surface area contributed by atoms with E-state index in [0.29, 0.717) is 20.9 Å². The van der Waals surface area contributed by atoms with E-state index in [1.807, 2.05) is 30.3 Å². The average Bonchev–Trinajstić information content (AvgIpc) is 3.45. The molecule has 0 spiro atoms. The van der Waals surface area contributed by atoms with Crippen LogP contribution in [0.4, 0.5) is 24.5 Å². The smallest absolute Gasteiger partial charge is 0.416 e. The number of alkyl halides is 3.